The fourth-order valence-electron chi connectivity index (χ4n) is 3.72. The van der Waals surface area contributed by atoms with E-state index in [1.165, 1.54) is 37.3 Å². The Bertz CT molecular complexity index is 597. The Labute approximate surface area is 120 Å². The molecular weight excluding hydrogens is 249 g/mol. The normalized spacial score (nSPS) is 24.2. The summed E-state index contributed by atoms with van der Waals surface area (Å²) in [6.45, 7) is 7.04. The maximum atomic E-state index is 13.5. The van der Waals surface area contributed by atoms with Gasteiger partial charge in [-0.3, -0.25) is 0 Å². The largest absolute Gasteiger partial charge is 0.361 e. The topological polar surface area (TPSA) is 15.8 Å². The second-order valence-electron chi connectivity index (χ2n) is 7.35. The SMILES string of the molecule is CC(C)(C)C1CCC(c2c[nH]c3ccc(F)cc23)CC1. The highest BCUT2D eigenvalue weighted by Crippen LogP contribution is 2.44. The molecule has 1 aliphatic rings. The summed E-state index contributed by atoms with van der Waals surface area (Å²) in [6, 6.07) is 5.05. The van der Waals surface area contributed by atoms with Gasteiger partial charge in [-0.25, -0.2) is 4.39 Å². The minimum atomic E-state index is -0.137. The van der Waals surface area contributed by atoms with Crippen LogP contribution in [0.5, 0.6) is 0 Å². The molecule has 1 fully saturated rings. The van der Waals surface area contributed by atoms with Crippen LogP contribution in [0.1, 0.15) is 57.9 Å². The molecule has 1 aliphatic carbocycles. The highest BCUT2D eigenvalue weighted by atomic mass is 19.1. The Morgan fingerprint density at radius 1 is 1.10 bits per heavy atom. The van der Waals surface area contributed by atoms with Crippen molar-refractivity contribution in [3.05, 3.63) is 35.8 Å². The van der Waals surface area contributed by atoms with Crippen LogP contribution in [0.25, 0.3) is 10.9 Å². The van der Waals surface area contributed by atoms with Crippen molar-refractivity contribution < 1.29 is 4.39 Å². The van der Waals surface area contributed by atoms with Crippen LogP contribution < -0.4 is 0 Å². The van der Waals surface area contributed by atoms with Crippen molar-refractivity contribution in [2.24, 2.45) is 11.3 Å². The summed E-state index contributed by atoms with van der Waals surface area (Å²) < 4.78 is 13.5. The molecule has 2 aromatic rings. The van der Waals surface area contributed by atoms with Crippen molar-refractivity contribution >= 4 is 10.9 Å². The number of hydrogen-bond donors (Lipinski definition) is 1. The van der Waals surface area contributed by atoms with E-state index >= 15 is 0 Å². The van der Waals surface area contributed by atoms with E-state index in [0.717, 1.165) is 16.8 Å². The van der Waals surface area contributed by atoms with Crippen LogP contribution in [-0.4, -0.2) is 4.98 Å². The molecule has 0 amide bonds. The van der Waals surface area contributed by atoms with Gasteiger partial charge in [0, 0.05) is 17.1 Å². The van der Waals surface area contributed by atoms with Crippen molar-refractivity contribution in [1.82, 2.24) is 4.98 Å². The van der Waals surface area contributed by atoms with E-state index in [1.54, 1.807) is 6.07 Å². The maximum absolute atomic E-state index is 13.5. The lowest BCUT2D eigenvalue weighted by atomic mass is 9.68. The lowest BCUT2D eigenvalue weighted by Gasteiger charge is -2.37. The molecule has 1 aromatic carbocycles. The van der Waals surface area contributed by atoms with Crippen LogP contribution in [-0.2, 0) is 0 Å². The molecule has 0 atom stereocenters. The minimum Gasteiger partial charge on any atom is -0.361 e. The van der Waals surface area contributed by atoms with Gasteiger partial charge >= 0.3 is 0 Å². The molecule has 1 heterocycles. The van der Waals surface area contributed by atoms with Gasteiger partial charge in [0.1, 0.15) is 5.82 Å². The van der Waals surface area contributed by atoms with Gasteiger partial charge in [0.2, 0.25) is 0 Å². The van der Waals surface area contributed by atoms with Gasteiger partial charge in [0.05, 0.1) is 0 Å². The van der Waals surface area contributed by atoms with Crippen LogP contribution in [0.15, 0.2) is 24.4 Å². The number of H-pyrrole nitrogens is 1. The quantitative estimate of drug-likeness (QED) is 0.693. The number of halogens is 1. The molecule has 0 aliphatic heterocycles. The van der Waals surface area contributed by atoms with Crippen LogP contribution in [0.2, 0.25) is 0 Å². The van der Waals surface area contributed by atoms with E-state index in [-0.39, 0.29) is 5.82 Å². The lowest BCUT2D eigenvalue weighted by molar-refractivity contribution is 0.169. The first-order chi connectivity index (χ1) is 9.45. The number of hydrogen-bond acceptors (Lipinski definition) is 0. The van der Waals surface area contributed by atoms with Gasteiger partial charge in [0.25, 0.3) is 0 Å². The zero-order valence-corrected chi connectivity index (χ0v) is 12.7. The van der Waals surface area contributed by atoms with Crippen LogP contribution in [0.3, 0.4) is 0 Å². The standard InChI is InChI=1S/C18H24FN/c1-18(2,3)13-6-4-12(5-7-13)16-11-20-17-9-8-14(19)10-15(16)17/h8-13,20H,4-7H2,1-3H3. The number of fused-ring (bicyclic) bond motifs is 1. The first-order valence-electron chi connectivity index (χ1n) is 7.71. The van der Waals surface area contributed by atoms with Gasteiger partial charge in [0.15, 0.2) is 0 Å². The second-order valence-corrected chi connectivity index (χ2v) is 7.35. The number of aromatic nitrogens is 1. The third-order valence-electron chi connectivity index (χ3n) is 5.07. The average molecular weight is 273 g/mol. The van der Waals surface area contributed by atoms with E-state index in [0.29, 0.717) is 11.3 Å². The van der Waals surface area contributed by atoms with Gasteiger partial charge < -0.3 is 4.98 Å². The van der Waals surface area contributed by atoms with E-state index in [2.05, 4.69) is 32.0 Å². The fraction of sp³-hybridized carbons (Fsp3) is 0.556. The fourth-order valence-corrected chi connectivity index (χ4v) is 3.72. The molecule has 2 heteroatoms. The van der Waals surface area contributed by atoms with Crippen molar-refractivity contribution in [2.45, 2.75) is 52.4 Å². The molecule has 108 valence electrons. The summed E-state index contributed by atoms with van der Waals surface area (Å²) in [5.74, 6) is 1.27. The Kier molecular flexibility index (Phi) is 3.35. The Morgan fingerprint density at radius 3 is 2.45 bits per heavy atom. The zero-order chi connectivity index (χ0) is 14.3. The minimum absolute atomic E-state index is 0.137. The number of benzene rings is 1. The molecule has 3 rings (SSSR count). The third kappa shape index (κ3) is 2.48. The Balaban J connectivity index is 1.82. The molecular formula is C18H24FN. The first kappa shape index (κ1) is 13.7. The molecule has 0 spiro atoms. The first-order valence-corrected chi connectivity index (χ1v) is 7.71. The highest BCUT2D eigenvalue weighted by Gasteiger charge is 2.30. The summed E-state index contributed by atoms with van der Waals surface area (Å²) in [6.07, 6.45) is 7.12. The molecule has 0 bridgehead atoms. The molecule has 0 saturated heterocycles. The van der Waals surface area contributed by atoms with Crippen molar-refractivity contribution in [1.29, 1.82) is 0 Å². The van der Waals surface area contributed by atoms with Crippen LogP contribution in [0, 0.1) is 17.2 Å². The molecule has 1 nitrogen and oxygen atoms in total. The molecule has 0 unspecified atom stereocenters. The van der Waals surface area contributed by atoms with Crippen LogP contribution in [0.4, 0.5) is 4.39 Å². The zero-order valence-electron chi connectivity index (χ0n) is 12.7. The number of nitrogens with one attached hydrogen (secondary N) is 1. The average Bonchev–Trinajstić information content (AvgIpc) is 2.81. The highest BCUT2D eigenvalue weighted by molar-refractivity contribution is 5.83. The predicted octanol–water partition coefficient (Wildman–Crippen LogP) is 5.63. The van der Waals surface area contributed by atoms with Gasteiger partial charge in [-0.2, -0.15) is 0 Å². The van der Waals surface area contributed by atoms with E-state index in [9.17, 15) is 4.39 Å². The van der Waals surface area contributed by atoms with Gasteiger partial charge in [-0.1, -0.05) is 20.8 Å². The third-order valence-corrected chi connectivity index (χ3v) is 5.07. The maximum Gasteiger partial charge on any atom is 0.123 e. The lowest BCUT2D eigenvalue weighted by Crippen LogP contribution is -2.25. The predicted molar refractivity (Wildman–Crippen MR) is 82.4 cm³/mol. The summed E-state index contributed by atoms with van der Waals surface area (Å²) in [5.41, 5.74) is 2.78. The van der Waals surface area contributed by atoms with Crippen molar-refractivity contribution in [3.8, 4) is 0 Å². The van der Waals surface area contributed by atoms with Crippen molar-refractivity contribution in [2.75, 3.05) is 0 Å². The molecule has 20 heavy (non-hydrogen) atoms. The summed E-state index contributed by atoms with van der Waals surface area (Å²) >= 11 is 0. The summed E-state index contributed by atoms with van der Waals surface area (Å²) in [4.78, 5) is 3.29. The summed E-state index contributed by atoms with van der Waals surface area (Å²) in [7, 11) is 0. The van der Waals surface area contributed by atoms with Crippen LogP contribution >= 0.6 is 0 Å². The van der Waals surface area contributed by atoms with Crippen molar-refractivity contribution in [3.63, 3.8) is 0 Å². The molecule has 1 N–H and O–H groups in total. The van der Waals surface area contributed by atoms with E-state index < -0.39 is 0 Å². The van der Waals surface area contributed by atoms with Gasteiger partial charge in [-0.05, 0) is 66.7 Å². The second kappa shape index (κ2) is 4.91. The number of rotatable bonds is 1. The Morgan fingerprint density at radius 2 is 1.80 bits per heavy atom. The molecule has 1 aromatic heterocycles. The smallest absolute Gasteiger partial charge is 0.123 e. The van der Waals surface area contributed by atoms with Gasteiger partial charge in [-0.15, -0.1) is 0 Å². The number of aromatic amines is 1. The van der Waals surface area contributed by atoms with E-state index in [1.807, 2.05) is 6.07 Å². The summed E-state index contributed by atoms with van der Waals surface area (Å²) in [5, 5.41) is 1.07. The molecule has 1 saturated carbocycles. The monoisotopic (exact) mass is 273 g/mol. The van der Waals surface area contributed by atoms with E-state index in [4.69, 9.17) is 0 Å². The Hall–Kier alpha value is -1.31. The molecule has 0 radical (unpaired) electrons.